The van der Waals surface area contributed by atoms with E-state index in [-0.39, 0.29) is 12.5 Å². The zero-order valence-corrected chi connectivity index (χ0v) is 16.6. The summed E-state index contributed by atoms with van der Waals surface area (Å²) in [4.78, 5) is 29.3. The van der Waals surface area contributed by atoms with Crippen molar-refractivity contribution in [3.8, 4) is 0 Å². The highest BCUT2D eigenvalue weighted by Gasteiger charge is 2.15. The number of hydrogen-bond acceptors (Lipinski definition) is 5. The number of aryl methyl sites for hydroxylation is 1. The number of hydrogen-bond donors (Lipinski definition) is 0. The van der Waals surface area contributed by atoms with Gasteiger partial charge in [0.15, 0.2) is 4.80 Å². The van der Waals surface area contributed by atoms with E-state index in [9.17, 15) is 9.59 Å². The van der Waals surface area contributed by atoms with Gasteiger partial charge in [-0.25, -0.2) is 0 Å². The van der Waals surface area contributed by atoms with Crippen molar-refractivity contribution >= 4 is 33.4 Å². The number of methoxy groups -OCH3 is 1. The number of nitrogens with zero attached hydrogens (tertiary/aromatic N) is 4. The largest absolute Gasteiger partial charge is 0.468 e. The lowest BCUT2D eigenvalue weighted by Crippen LogP contribution is -2.23. The van der Waals surface area contributed by atoms with E-state index in [0.717, 1.165) is 10.2 Å². The Bertz CT molecular complexity index is 1060. The second-order valence-corrected chi connectivity index (χ2v) is 7.39. The lowest BCUT2D eigenvalue weighted by atomic mass is 10.0. The first kappa shape index (κ1) is 19.0. The summed E-state index contributed by atoms with van der Waals surface area (Å²) < 4.78 is 9.10. The zero-order valence-electron chi connectivity index (χ0n) is 15.8. The van der Waals surface area contributed by atoms with Gasteiger partial charge in [-0.15, -0.1) is 0 Å². The van der Waals surface area contributed by atoms with Crippen LogP contribution in [-0.2, 0) is 22.6 Å². The van der Waals surface area contributed by atoms with Gasteiger partial charge in [-0.3, -0.25) is 14.3 Å². The fourth-order valence-corrected chi connectivity index (χ4v) is 3.87. The van der Waals surface area contributed by atoms with Gasteiger partial charge < -0.3 is 9.30 Å². The molecule has 0 bridgehead atoms. The van der Waals surface area contributed by atoms with Crippen molar-refractivity contribution in [3.05, 3.63) is 46.5 Å². The lowest BCUT2D eigenvalue weighted by molar-refractivity contribution is -0.141. The molecule has 1 amide bonds. The first-order valence-electron chi connectivity index (χ1n) is 8.75. The molecule has 0 radical (unpaired) electrons. The van der Waals surface area contributed by atoms with Crippen LogP contribution in [0, 0.1) is 0 Å². The number of fused-ring (bicyclic) bond motifs is 1. The first-order valence-corrected chi connectivity index (χ1v) is 9.57. The molecule has 0 spiro atoms. The quantitative estimate of drug-likeness (QED) is 0.632. The first-order chi connectivity index (χ1) is 12.9. The minimum Gasteiger partial charge on any atom is -0.468 e. The predicted octanol–water partition coefficient (Wildman–Crippen LogP) is 2.96. The highest BCUT2D eigenvalue weighted by Crippen LogP contribution is 2.23. The number of ether oxygens (including phenoxy) is 1. The standard InChI is InChI=1S/C19H22N4O3S/c1-5-23-15(8-9-20-23)18(25)21-19-22(11-17(24)26-4)14-7-6-13(12(2)3)10-16(14)27-19/h6-10,12H,5,11H2,1-4H3. The van der Waals surface area contributed by atoms with Gasteiger partial charge in [0.2, 0.25) is 0 Å². The number of aromatic nitrogens is 3. The van der Waals surface area contributed by atoms with E-state index < -0.39 is 5.97 Å². The maximum Gasteiger partial charge on any atom is 0.325 e. The number of carbonyl (C=O) groups is 2. The van der Waals surface area contributed by atoms with E-state index in [4.69, 9.17) is 4.74 Å². The van der Waals surface area contributed by atoms with Gasteiger partial charge in [0.1, 0.15) is 12.2 Å². The molecule has 0 atom stereocenters. The van der Waals surface area contributed by atoms with E-state index in [1.54, 1.807) is 21.5 Å². The van der Waals surface area contributed by atoms with Gasteiger partial charge in [-0.2, -0.15) is 10.1 Å². The number of benzene rings is 1. The van der Waals surface area contributed by atoms with Crippen LogP contribution in [0.15, 0.2) is 35.5 Å². The lowest BCUT2D eigenvalue weighted by Gasteiger charge is -2.06. The average Bonchev–Trinajstić information content (AvgIpc) is 3.26. The molecule has 1 aromatic carbocycles. The van der Waals surface area contributed by atoms with Crippen molar-refractivity contribution in [2.24, 2.45) is 4.99 Å². The molecule has 142 valence electrons. The monoisotopic (exact) mass is 386 g/mol. The van der Waals surface area contributed by atoms with Crippen LogP contribution >= 0.6 is 11.3 Å². The summed E-state index contributed by atoms with van der Waals surface area (Å²) in [6, 6.07) is 7.72. The number of amides is 1. The molecule has 0 aliphatic rings. The third-order valence-electron chi connectivity index (χ3n) is 4.32. The summed E-state index contributed by atoms with van der Waals surface area (Å²) in [5, 5.41) is 4.11. The van der Waals surface area contributed by atoms with Crippen molar-refractivity contribution in [2.45, 2.75) is 39.8 Å². The Balaban J connectivity index is 2.16. The number of carbonyl (C=O) groups excluding carboxylic acids is 2. The molecule has 3 rings (SSSR count). The fourth-order valence-electron chi connectivity index (χ4n) is 2.79. The van der Waals surface area contributed by atoms with Gasteiger partial charge in [0, 0.05) is 12.7 Å². The van der Waals surface area contributed by atoms with Gasteiger partial charge in [0.05, 0.1) is 17.3 Å². The van der Waals surface area contributed by atoms with Crippen LogP contribution in [0.1, 0.15) is 42.7 Å². The zero-order chi connectivity index (χ0) is 19.6. The molecule has 0 N–H and O–H groups in total. The normalized spacial score (nSPS) is 12.1. The Kier molecular flexibility index (Phi) is 5.55. The molecule has 0 aliphatic carbocycles. The molecule has 0 unspecified atom stereocenters. The number of thiazole rings is 1. The highest BCUT2D eigenvalue weighted by atomic mass is 32.1. The van der Waals surface area contributed by atoms with Gasteiger partial charge in [0.25, 0.3) is 5.91 Å². The van der Waals surface area contributed by atoms with Crippen LogP contribution in [0.4, 0.5) is 0 Å². The molecule has 0 saturated heterocycles. The highest BCUT2D eigenvalue weighted by molar-refractivity contribution is 7.16. The second-order valence-electron chi connectivity index (χ2n) is 6.38. The van der Waals surface area contributed by atoms with Crippen LogP contribution in [0.3, 0.4) is 0 Å². The summed E-state index contributed by atoms with van der Waals surface area (Å²) in [6.45, 7) is 6.73. The van der Waals surface area contributed by atoms with Crippen LogP contribution in [0.2, 0.25) is 0 Å². The van der Waals surface area contributed by atoms with Gasteiger partial charge in [-0.1, -0.05) is 31.3 Å². The van der Waals surface area contributed by atoms with Crippen LogP contribution in [0.25, 0.3) is 10.2 Å². The SMILES string of the molecule is CCn1nccc1C(=O)N=c1sc2cc(C(C)C)ccc2n1CC(=O)OC. The van der Waals surface area contributed by atoms with E-state index >= 15 is 0 Å². The summed E-state index contributed by atoms with van der Waals surface area (Å²) >= 11 is 1.39. The Morgan fingerprint density at radius 3 is 2.74 bits per heavy atom. The Labute approximate surface area is 160 Å². The number of esters is 1. The molecule has 8 heteroatoms. The Morgan fingerprint density at radius 2 is 2.07 bits per heavy atom. The van der Waals surface area contributed by atoms with E-state index in [0.29, 0.717) is 23.0 Å². The van der Waals surface area contributed by atoms with E-state index in [1.807, 2.05) is 19.1 Å². The van der Waals surface area contributed by atoms with E-state index in [1.165, 1.54) is 24.0 Å². The summed E-state index contributed by atoms with van der Waals surface area (Å²) in [6.07, 6.45) is 1.58. The van der Waals surface area contributed by atoms with Gasteiger partial charge in [-0.05, 0) is 36.6 Å². The molecular weight excluding hydrogens is 364 g/mol. The Morgan fingerprint density at radius 1 is 1.30 bits per heavy atom. The summed E-state index contributed by atoms with van der Waals surface area (Å²) in [7, 11) is 1.34. The maximum atomic E-state index is 12.7. The van der Waals surface area contributed by atoms with Gasteiger partial charge >= 0.3 is 5.97 Å². The maximum absolute atomic E-state index is 12.7. The van der Waals surface area contributed by atoms with Crippen LogP contribution in [0.5, 0.6) is 0 Å². The van der Waals surface area contributed by atoms with Crippen molar-refractivity contribution in [1.82, 2.24) is 14.3 Å². The molecular formula is C19H22N4O3S. The third-order valence-corrected chi connectivity index (χ3v) is 5.36. The molecule has 7 nitrogen and oxygen atoms in total. The smallest absolute Gasteiger partial charge is 0.325 e. The molecule has 0 saturated carbocycles. The van der Waals surface area contributed by atoms with Crippen molar-refractivity contribution in [2.75, 3.05) is 7.11 Å². The van der Waals surface area contributed by atoms with Crippen molar-refractivity contribution in [3.63, 3.8) is 0 Å². The van der Waals surface area contributed by atoms with Crippen molar-refractivity contribution in [1.29, 1.82) is 0 Å². The topological polar surface area (TPSA) is 78.5 Å². The van der Waals surface area contributed by atoms with E-state index in [2.05, 4.69) is 30.0 Å². The Hall–Kier alpha value is -2.74. The fraction of sp³-hybridized carbons (Fsp3) is 0.368. The average molecular weight is 386 g/mol. The molecule has 2 aromatic heterocycles. The minimum atomic E-state index is -0.393. The molecule has 0 aliphatic heterocycles. The minimum absolute atomic E-state index is 0.00330. The summed E-state index contributed by atoms with van der Waals surface area (Å²) in [5.74, 6) is -0.398. The molecule has 27 heavy (non-hydrogen) atoms. The molecule has 3 aromatic rings. The molecule has 2 heterocycles. The van der Waals surface area contributed by atoms with Crippen molar-refractivity contribution < 1.29 is 14.3 Å². The van der Waals surface area contributed by atoms with Crippen LogP contribution in [-0.4, -0.2) is 33.3 Å². The third kappa shape index (κ3) is 3.85. The summed E-state index contributed by atoms with van der Waals surface area (Å²) in [5.41, 5.74) is 2.46. The van der Waals surface area contributed by atoms with Crippen LogP contribution < -0.4 is 4.80 Å². The second kappa shape index (κ2) is 7.87. The number of rotatable bonds is 5. The predicted molar refractivity (Wildman–Crippen MR) is 104 cm³/mol. The molecule has 0 fully saturated rings.